The molecule has 0 aromatic heterocycles. The molecule has 2 atom stereocenters. The van der Waals surface area contributed by atoms with Gasteiger partial charge in [-0.05, 0) is 6.07 Å². The van der Waals surface area contributed by atoms with E-state index in [0.29, 0.717) is 18.7 Å². The number of rotatable bonds is 3. The molecule has 20 heavy (non-hydrogen) atoms. The summed E-state index contributed by atoms with van der Waals surface area (Å²) in [4.78, 5) is 0.315. The molecule has 4 nitrogen and oxygen atoms in total. The van der Waals surface area contributed by atoms with Crippen molar-refractivity contribution in [1.29, 1.82) is 0 Å². The Labute approximate surface area is 129 Å². The fourth-order valence-electron chi connectivity index (χ4n) is 2.36. The Morgan fingerprint density at radius 2 is 1.85 bits per heavy atom. The maximum Gasteiger partial charge on any atom is 0.243 e. The van der Waals surface area contributed by atoms with Crippen molar-refractivity contribution in [1.82, 2.24) is 4.31 Å². The summed E-state index contributed by atoms with van der Waals surface area (Å²) in [6.07, 6.45) is 0. The Kier molecular flexibility index (Phi) is 4.73. The van der Waals surface area contributed by atoms with Gasteiger partial charge in [0.25, 0.3) is 0 Å². The molecule has 1 heterocycles. The van der Waals surface area contributed by atoms with Crippen LogP contribution >= 0.6 is 24.0 Å². The lowest BCUT2D eigenvalue weighted by atomic mass is 10.2. The molecule has 1 aliphatic rings. The monoisotopic (exact) mass is 330 g/mol. The number of nitrogens with zero attached hydrogens (tertiary/aromatic N) is 1. The lowest BCUT2D eigenvalue weighted by molar-refractivity contribution is 0.405. The van der Waals surface area contributed by atoms with E-state index < -0.39 is 10.0 Å². The van der Waals surface area contributed by atoms with E-state index in [1.54, 1.807) is 24.3 Å². The van der Waals surface area contributed by atoms with Crippen molar-refractivity contribution in [2.45, 2.75) is 29.2 Å². The van der Waals surface area contributed by atoms with Gasteiger partial charge >= 0.3 is 0 Å². The largest absolute Gasteiger partial charge is 0.389 e. The van der Waals surface area contributed by atoms with Gasteiger partial charge in [0.15, 0.2) is 0 Å². The van der Waals surface area contributed by atoms with Crippen LogP contribution in [0.4, 0.5) is 0 Å². The lowest BCUT2D eigenvalue weighted by Gasteiger charge is -2.34. The highest BCUT2D eigenvalue weighted by atomic mass is 32.2. The van der Waals surface area contributed by atoms with Crippen LogP contribution in [-0.2, 0) is 10.0 Å². The molecule has 0 amide bonds. The maximum absolute atomic E-state index is 12.8. The number of nitrogens with two attached hydrogens (primary N) is 1. The zero-order valence-corrected chi connectivity index (χ0v) is 13.9. The van der Waals surface area contributed by atoms with Crippen molar-refractivity contribution >= 4 is 39.0 Å². The molecular formula is C13H18N2O2S3. The molecule has 1 aromatic rings. The average Bonchev–Trinajstić information content (AvgIpc) is 2.37. The Morgan fingerprint density at radius 3 is 2.40 bits per heavy atom. The summed E-state index contributed by atoms with van der Waals surface area (Å²) in [5.41, 5.74) is 6.06. The van der Waals surface area contributed by atoms with Gasteiger partial charge in [-0.15, -0.1) is 0 Å². The van der Waals surface area contributed by atoms with Crippen LogP contribution in [0.1, 0.15) is 19.4 Å². The third-order valence-corrected chi connectivity index (χ3v) is 6.49. The second-order valence-electron chi connectivity index (χ2n) is 4.94. The summed E-state index contributed by atoms with van der Waals surface area (Å²) in [7, 11) is -3.55. The van der Waals surface area contributed by atoms with Gasteiger partial charge in [-0.3, -0.25) is 0 Å². The van der Waals surface area contributed by atoms with Gasteiger partial charge in [-0.2, -0.15) is 16.1 Å². The summed E-state index contributed by atoms with van der Waals surface area (Å²) in [5.74, 6) is 0. The molecule has 0 radical (unpaired) electrons. The number of thiocarbonyl (C=S) groups is 1. The molecule has 2 rings (SSSR count). The SMILES string of the molecule is CC1CN(S(=O)(=O)c2ccccc2C(N)=S)CC(C)S1. The number of hydrogen-bond acceptors (Lipinski definition) is 4. The predicted octanol–water partition coefficient (Wildman–Crippen LogP) is 1.84. The Balaban J connectivity index is 2.43. The number of hydrogen-bond donors (Lipinski definition) is 1. The molecule has 0 aliphatic carbocycles. The van der Waals surface area contributed by atoms with Crippen LogP contribution in [0.3, 0.4) is 0 Å². The highest BCUT2D eigenvalue weighted by Gasteiger charge is 2.33. The Bertz CT molecular complexity index is 606. The van der Waals surface area contributed by atoms with E-state index in [-0.39, 0.29) is 20.4 Å². The Morgan fingerprint density at radius 1 is 1.30 bits per heavy atom. The predicted molar refractivity (Wildman–Crippen MR) is 87.6 cm³/mol. The zero-order valence-electron chi connectivity index (χ0n) is 11.4. The smallest absolute Gasteiger partial charge is 0.243 e. The molecule has 2 N–H and O–H groups in total. The van der Waals surface area contributed by atoms with Gasteiger partial charge in [0.1, 0.15) is 4.99 Å². The molecule has 7 heteroatoms. The first-order valence-electron chi connectivity index (χ1n) is 6.37. The van der Waals surface area contributed by atoms with Gasteiger partial charge in [-0.25, -0.2) is 8.42 Å². The summed E-state index contributed by atoms with van der Waals surface area (Å²) >= 11 is 6.77. The quantitative estimate of drug-likeness (QED) is 0.857. The van der Waals surface area contributed by atoms with E-state index in [0.717, 1.165) is 0 Å². The van der Waals surface area contributed by atoms with Crippen LogP contribution in [0.2, 0.25) is 0 Å². The van der Waals surface area contributed by atoms with Crippen molar-refractivity contribution < 1.29 is 8.42 Å². The molecule has 1 aliphatic heterocycles. The van der Waals surface area contributed by atoms with Gasteiger partial charge in [0, 0.05) is 29.2 Å². The van der Waals surface area contributed by atoms with Crippen LogP contribution in [0.25, 0.3) is 0 Å². The van der Waals surface area contributed by atoms with Crippen molar-refractivity contribution in [3.63, 3.8) is 0 Å². The van der Waals surface area contributed by atoms with Gasteiger partial charge in [0.05, 0.1) is 4.90 Å². The van der Waals surface area contributed by atoms with Crippen LogP contribution in [0.5, 0.6) is 0 Å². The van der Waals surface area contributed by atoms with E-state index in [1.165, 1.54) is 4.31 Å². The molecule has 0 saturated carbocycles. The first-order valence-corrected chi connectivity index (χ1v) is 9.16. The first-order chi connectivity index (χ1) is 9.32. The summed E-state index contributed by atoms with van der Waals surface area (Å²) in [6, 6.07) is 6.66. The van der Waals surface area contributed by atoms with Gasteiger partial charge < -0.3 is 5.73 Å². The van der Waals surface area contributed by atoms with Crippen LogP contribution in [0.15, 0.2) is 29.2 Å². The molecule has 2 unspecified atom stereocenters. The van der Waals surface area contributed by atoms with E-state index in [9.17, 15) is 8.42 Å². The van der Waals surface area contributed by atoms with Crippen molar-refractivity contribution in [2.75, 3.05) is 13.1 Å². The summed E-state index contributed by atoms with van der Waals surface area (Å²) in [5, 5.41) is 0.566. The molecule has 110 valence electrons. The first kappa shape index (κ1) is 15.8. The number of benzene rings is 1. The van der Waals surface area contributed by atoms with Crippen LogP contribution < -0.4 is 5.73 Å². The fourth-order valence-corrected chi connectivity index (χ4v) is 5.94. The topological polar surface area (TPSA) is 63.4 Å². The minimum Gasteiger partial charge on any atom is -0.389 e. The standard InChI is InChI=1S/C13H18N2O2S3/c1-9-7-15(8-10(2)19-9)20(16,17)12-6-4-3-5-11(12)13(14)18/h3-6,9-10H,7-8H2,1-2H3,(H2,14,18). The molecule has 1 saturated heterocycles. The van der Waals surface area contributed by atoms with Crippen molar-refractivity contribution in [3.05, 3.63) is 29.8 Å². The number of sulfonamides is 1. The van der Waals surface area contributed by atoms with Gasteiger partial charge in [-0.1, -0.05) is 44.3 Å². The highest BCUT2D eigenvalue weighted by Crippen LogP contribution is 2.29. The average molecular weight is 331 g/mol. The highest BCUT2D eigenvalue weighted by molar-refractivity contribution is 8.00. The number of thioether (sulfide) groups is 1. The molecule has 0 spiro atoms. The molecule has 1 fully saturated rings. The van der Waals surface area contributed by atoms with E-state index in [1.807, 2.05) is 25.6 Å². The summed E-state index contributed by atoms with van der Waals surface area (Å²) in [6.45, 7) is 5.12. The second kappa shape index (κ2) is 6.01. The fraction of sp³-hybridized carbons (Fsp3) is 0.462. The Hall–Kier alpha value is -0.630. The third kappa shape index (κ3) is 3.16. The summed E-state index contributed by atoms with van der Waals surface area (Å²) < 4.78 is 27.1. The van der Waals surface area contributed by atoms with Gasteiger partial charge in [0.2, 0.25) is 10.0 Å². The third-order valence-electron chi connectivity index (χ3n) is 3.16. The van der Waals surface area contributed by atoms with E-state index in [2.05, 4.69) is 0 Å². The molecule has 0 bridgehead atoms. The van der Waals surface area contributed by atoms with Crippen molar-refractivity contribution in [2.24, 2.45) is 5.73 Å². The van der Waals surface area contributed by atoms with Crippen molar-refractivity contribution in [3.8, 4) is 0 Å². The molecular weight excluding hydrogens is 312 g/mol. The lowest BCUT2D eigenvalue weighted by Crippen LogP contribution is -2.44. The minimum absolute atomic E-state index is 0.108. The maximum atomic E-state index is 12.8. The minimum atomic E-state index is -3.55. The second-order valence-corrected chi connectivity index (χ2v) is 9.17. The van der Waals surface area contributed by atoms with Crippen LogP contribution in [-0.4, -0.2) is 41.3 Å². The van der Waals surface area contributed by atoms with E-state index >= 15 is 0 Å². The van der Waals surface area contributed by atoms with E-state index in [4.69, 9.17) is 18.0 Å². The zero-order chi connectivity index (χ0) is 14.9. The van der Waals surface area contributed by atoms with Crippen LogP contribution in [0, 0.1) is 0 Å². The molecule has 1 aromatic carbocycles. The normalized spacial score (nSPS) is 24.5.